The minimum atomic E-state index is -1.10. The van der Waals surface area contributed by atoms with E-state index >= 15 is 0 Å². The van der Waals surface area contributed by atoms with E-state index in [9.17, 15) is 9.70 Å². The van der Waals surface area contributed by atoms with Crippen LogP contribution < -0.4 is 0 Å². The van der Waals surface area contributed by atoms with Gasteiger partial charge in [0.2, 0.25) is 0 Å². The molecule has 0 radical (unpaired) electrons. The second kappa shape index (κ2) is 2.87. The van der Waals surface area contributed by atoms with E-state index in [1.165, 1.54) is 12.3 Å². The van der Waals surface area contributed by atoms with Gasteiger partial charge in [0.15, 0.2) is 5.82 Å². The van der Waals surface area contributed by atoms with Crippen LogP contribution in [0.15, 0.2) is 23.5 Å². The van der Waals surface area contributed by atoms with E-state index in [0.29, 0.717) is 0 Å². The molecule has 0 aliphatic carbocycles. The molecule has 0 aliphatic rings. The van der Waals surface area contributed by atoms with Crippen molar-refractivity contribution in [2.45, 2.75) is 0 Å². The number of rotatable bonds is 2. The van der Waals surface area contributed by atoms with Crippen LogP contribution in [0.5, 0.6) is 0 Å². The lowest BCUT2D eigenvalue weighted by Gasteiger charge is -1.91. The third-order valence-electron chi connectivity index (χ3n) is 1.09. The molecule has 1 heterocycles. The molecule has 0 unspecified atom stereocenters. The first kappa shape index (κ1) is 7.33. The summed E-state index contributed by atoms with van der Waals surface area (Å²) in [6.45, 7) is 0. The minimum absolute atomic E-state index is 0.00889. The number of pyridine rings is 1. The summed E-state index contributed by atoms with van der Waals surface area (Å²) in [7, 11) is 0. The lowest BCUT2D eigenvalue weighted by Crippen LogP contribution is -1.95. The zero-order chi connectivity index (χ0) is 8.27. The van der Waals surface area contributed by atoms with E-state index in [2.05, 4.69) is 10.2 Å². The number of hydrogen-bond acceptors (Lipinski definition) is 4. The first-order valence-electron chi connectivity index (χ1n) is 2.77. The van der Waals surface area contributed by atoms with Crippen LogP contribution >= 0.6 is 0 Å². The second-order valence-corrected chi connectivity index (χ2v) is 1.80. The Hall–Kier alpha value is -1.78. The molecule has 0 aliphatic heterocycles. The molecule has 5 nitrogen and oxygen atoms in total. The first-order chi connectivity index (χ1) is 5.24. The van der Waals surface area contributed by atoms with E-state index in [0.717, 1.165) is 6.07 Å². The fourth-order valence-electron chi connectivity index (χ4n) is 0.601. The molecule has 0 saturated heterocycles. The molecule has 1 N–H and O–H groups in total. The van der Waals surface area contributed by atoms with Crippen molar-refractivity contribution in [2.24, 2.45) is 5.18 Å². The molecule has 1 aromatic heterocycles. The summed E-state index contributed by atoms with van der Waals surface area (Å²) in [6, 6.07) is 2.40. The average Bonchev–Trinajstić information content (AvgIpc) is 2.05. The maximum absolute atomic E-state index is 10.3. The van der Waals surface area contributed by atoms with Crippen LogP contribution in [0.2, 0.25) is 0 Å². The van der Waals surface area contributed by atoms with Crippen LogP contribution in [-0.2, 0) is 0 Å². The molecule has 0 amide bonds. The highest BCUT2D eigenvalue weighted by atomic mass is 16.4. The summed E-state index contributed by atoms with van der Waals surface area (Å²) in [5, 5.41) is 10.9. The Morgan fingerprint density at radius 3 is 2.91 bits per heavy atom. The van der Waals surface area contributed by atoms with Gasteiger partial charge in [0.25, 0.3) is 0 Å². The number of aromatic carboxylic acids is 1. The van der Waals surface area contributed by atoms with Gasteiger partial charge in [0.05, 0.1) is 5.56 Å². The van der Waals surface area contributed by atoms with Crippen molar-refractivity contribution in [2.75, 3.05) is 0 Å². The summed E-state index contributed by atoms with van der Waals surface area (Å²) in [6.07, 6.45) is 1.22. The molecular weight excluding hydrogens is 148 g/mol. The van der Waals surface area contributed by atoms with Crippen molar-refractivity contribution in [3.63, 3.8) is 0 Å². The standard InChI is InChI=1S/C6H4N2O3/c9-6(10)4-1-2-7-5(3-4)8-11/h1-3H,(H,9,10). The minimum Gasteiger partial charge on any atom is -0.478 e. The SMILES string of the molecule is O=Nc1cc(C(=O)O)ccn1. The van der Waals surface area contributed by atoms with E-state index in [1.54, 1.807) is 0 Å². The van der Waals surface area contributed by atoms with Crippen LogP contribution in [0.25, 0.3) is 0 Å². The number of carboxylic acids is 1. The van der Waals surface area contributed by atoms with Gasteiger partial charge in [-0.3, -0.25) is 0 Å². The highest BCUT2D eigenvalue weighted by Crippen LogP contribution is 2.08. The van der Waals surface area contributed by atoms with Crippen LogP contribution in [0, 0.1) is 4.91 Å². The van der Waals surface area contributed by atoms with Crippen molar-refractivity contribution in [3.05, 3.63) is 28.8 Å². The quantitative estimate of drug-likeness (QED) is 0.645. The molecular formula is C6H4N2O3. The number of carbonyl (C=O) groups is 1. The summed E-state index contributed by atoms with van der Waals surface area (Å²) in [4.78, 5) is 23.7. The molecule has 0 bridgehead atoms. The molecule has 0 spiro atoms. The van der Waals surface area contributed by atoms with Gasteiger partial charge in [-0.1, -0.05) is 0 Å². The van der Waals surface area contributed by atoms with Gasteiger partial charge in [0, 0.05) is 12.3 Å². The normalized spacial score (nSPS) is 9.09. The molecule has 0 atom stereocenters. The van der Waals surface area contributed by atoms with Crippen LogP contribution in [0.3, 0.4) is 0 Å². The zero-order valence-electron chi connectivity index (χ0n) is 5.39. The molecule has 1 rings (SSSR count). The van der Waals surface area contributed by atoms with E-state index in [-0.39, 0.29) is 11.4 Å². The highest BCUT2D eigenvalue weighted by Gasteiger charge is 2.02. The Bertz CT molecular complexity index is 298. The lowest BCUT2D eigenvalue weighted by atomic mass is 10.3. The number of hydrogen-bond donors (Lipinski definition) is 1. The van der Waals surface area contributed by atoms with Gasteiger partial charge < -0.3 is 5.11 Å². The number of nitroso groups, excluding NO2 is 1. The van der Waals surface area contributed by atoms with E-state index in [1.807, 2.05) is 0 Å². The Morgan fingerprint density at radius 2 is 2.36 bits per heavy atom. The van der Waals surface area contributed by atoms with Crippen molar-refractivity contribution in [1.29, 1.82) is 0 Å². The summed E-state index contributed by atoms with van der Waals surface area (Å²) >= 11 is 0. The van der Waals surface area contributed by atoms with Crippen LogP contribution in [-0.4, -0.2) is 16.1 Å². The third kappa shape index (κ3) is 1.57. The fraction of sp³-hybridized carbons (Fsp3) is 0. The Morgan fingerprint density at radius 1 is 1.64 bits per heavy atom. The molecule has 1 aromatic rings. The molecule has 56 valence electrons. The van der Waals surface area contributed by atoms with Crippen molar-refractivity contribution >= 4 is 11.8 Å². The number of nitrogens with zero attached hydrogens (tertiary/aromatic N) is 2. The molecule has 11 heavy (non-hydrogen) atoms. The predicted octanol–water partition coefficient (Wildman–Crippen LogP) is 1.18. The lowest BCUT2D eigenvalue weighted by molar-refractivity contribution is 0.0697. The van der Waals surface area contributed by atoms with Gasteiger partial charge in [-0.05, 0) is 11.2 Å². The summed E-state index contributed by atoms with van der Waals surface area (Å²) in [5.74, 6) is -1.22. The molecule has 0 fully saturated rings. The Labute approximate surface area is 61.7 Å². The monoisotopic (exact) mass is 152 g/mol. The van der Waals surface area contributed by atoms with Gasteiger partial charge >= 0.3 is 5.97 Å². The smallest absolute Gasteiger partial charge is 0.335 e. The topological polar surface area (TPSA) is 79.6 Å². The van der Waals surface area contributed by atoms with Crippen molar-refractivity contribution in [3.8, 4) is 0 Å². The molecule has 5 heteroatoms. The Kier molecular flexibility index (Phi) is 1.91. The number of aromatic nitrogens is 1. The Balaban J connectivity index is 3.10. The third-order valence-corrected chi connectivity index (χ3v) is 1.09. The largest absolute Gasteiger partial charge is 0.478 e. The van der Waals surface area contributed by atoms with Gasteiger partial charge in [-0.2, -0.15) is 0 Å². The first-order valence-corrected chi connectivity index (χ1v) is 2.77. The maximum atomic E-state index is 10.3. The fourth-order valence-corrected chi connectivity index (χ4v) is 0.601. The van der Waals surface area contributed by atoms with Gasteiger partial charge in [-0.15, -0.1) is 4.91 Å². The van der Waals surface area contributed by atoms with Crippen molar-refractivity contribution < 1.29 is 9.90 Å². The van der Waals surface area contributed by atoms with E-state index in [4.69, 9.17) is 5.11 Å². The van der Waals surface area contributed by atoms with Crippen molar-refractivity contribution in [1.82, 2.24) is 4.98 Å². The predicted molar refractivity (Wildman–Crippen MR) is 36.7 cm³/mol. The second-order valence-electron chi connectivity index (χ2n) is 1.80. The van der Waals surface area contributed by atoms with Gasteiger partial charge in [0.1, 0.15) is 0 Å². The maximum Gasteiger partial charge on any atom is 0.335 e. The van der Waals surface area contributed by atoms with Gasteiger partial charge in [-0.25, -0.2) is 9.78 Å². The summed E-state index contributed by atoms with van der Waals surface area (Å²) < 4.78 is 0. The zero-order valence-corrected chi connectivity index (χ0v) is 5.39. The number of carboxylic acid groups (broad SMARTS) is 1. The van der Waals surface area contributed by atoms with Crippen LogP contribution in [0.4, 0.5) is 5.82 Å². The molecule has 0 saturated carbocycles. The van der Waals surface area contributed by atoms with Crippen LogP contribution in [0.1, 0.15) is 10.4 Å². The van der Waals surface area contributed by atoms with E-state index < -0.39 is 5.97 Å². The average molecular weight is 152 g/mol. The highest BCUT2D eigenvalue weighted by molar-refractivity contribution is 5.88. The summed E-state index contributed by atoms with van der Waals surface area (Å²) in [5.41, 5.74) is 0.00889. The molecule has 0 aromatic carbocycles.